The lowest BCUT2D eigenvalue weighted by molar-refractivity contribution is -0.385. The number of nitrogens with one attached hydrogen (secondary N) is 1. The highest BCUT2D eigenvalue weighted by atomic mass is 32.1. The van der Waals surface area contributed by atoms with E-state index in [0.29, 0.717) is 13.0 Å². The van der Waals surface area contributed by atoms with Crippen LogP contribution in [0.2, 0.25) is 0 Å². The number of rotatable bonds is 5. The first-order valence-electron chi connectivity index (χ1n) is 6.06. The molecule has 0 fully saturated rings. The number of nitrogens with zero attached hydrogens (tertiary/aromatic N) is 3. The third kappa shape index (κ3) is 3.72. The highest BCUT2D eigenvalue weighted by Gasteiger charge is 2.16. The van der Waals surface area contributed by atoms with Crippen LogP contribution in [-0.4, -0.2) is 27.3 Å². The maximum atomic E-state index is 12.0. The normalized spacial score (nSPS) is 10.3. The van der Waals surface area contributed by atoms with Gasteiger partial charge in [-0.05, 0) is 6.92 Å². The second-order valence-electron chi connectivity index (χ2n) is 4.25. The Labute approximate surface area is 124 Å². The van der Waals surface area contributed by atoms with E-state index in [9.17, 15) is 14.9 Å². The topological polar surface area (TPSA) is 124 Å². The van der Waals surface area contributed by atoms with Gasteiger partial charge in [0.05, 0.1) is 21.2 Å². The molecule has 0 saturated heterocycles. The fourth-order valence-electron chi connectivity index (χ4n) is 1.67. The Hall–Kier alpha value is -2.55. The molecule has 9 heteroatoms. The van der Waals surface area contributed by atoms with Crippen molar-refractivity contribution in [1.82, 2.24) is 15.3 Å². The zero-order valence-corrected chi connectivity index (χ0v) is 12.0. The Kier molecular flexibility index (Phi) is 4.43. The van der Waals surface area contributed by atoms with Crippen LogP contribution in [0.5, 0.6) is 0 Å². The Morgan fingerprint density at radius 1 is 1.57 bits per heavy atom. The lowest BCUT2D eigenvalue weighted by Gasteiger charge is -2.06. The molecule has 0 atom stereocenters. The summed E-state index contributed by atoms with van der Waals surface area (Å²) in [4.78, 5) is 29.9. The van der Waals surface area contributed by atoms with Crippen LogP contribution < -0.4 is 11.1 Å². The first-order chi connectivity index (χ1) is 9.97. The monoisotopic (exact) mass is 307 g/mol. The largest absolute Gasteiger partial charge is 0.383 e. The highest BCUT2D eigenvalue weighted by molar-refractivity contribution is 7.09. The molecule has 2 aromatic heterocycles. The molecule has 2 aromatic rings. The number of amides is 1. The minimum Gasteiger partial charge on any atom is -0.383 e. The van der Waals surface area contributed by atoms with Gasteiger partial charge in [-0.25, -0.2) is 9.97 Å². The molecule has 1 amide bonds. The van der Waals surface area contributed by atoms with Gasteiger partial charge in [-0.15, -0.1) is 11.3 Å². The van der Waals surface area contributed by atoms with E-state index >= 15 is 0 Å². The third-order valence-corrected chi connectivity index (χ3v) is 3.52. The van der Waals surface area contributed by atoms with Crippen LogP contribution in [0.4, 0.5) is 11.5 Å². The molecule has 2 rings (SSSR count). The Morgan fingerprint density at radius 3 is 2.95 bits per heavy atom. The smallest absolute Gasteiger partial charge is 0.288 e. The van der Waals surface area contributed by atoms with E-state index in [1.54, 1.807) is 0 Å². The number of nitro groups is 1. The van der Waals surface area contributed by atoms with E-state index in [1.165, 1.54) is 11.3 Å². The van der Waals surface area contributed by atoms with Gasteiger partial charge >= 0.3 is 0 Å². The van der Waals surface area contributed by atoms with Gasteiger partial charge in [0, 0.05) is 24.4 Å². The fraction of sp³-hybridized carbons (Fsp3) is 0.250. The van der Waals surface area contributed by atoms with Crippen molar-refractivity contribution in [1.29, 1.82) is 0 Å². The summed E-state index contributed by atoms with van der Waals surface area (Å²) < 4.78 is 0. The molecule has 0 saturated carbocycles. The van der Waals surface area contributed by atoms with Crippen molar-refractivity contribution in [3.8, 4) is 0 Å². The summed E-state index contributed by atoms with van der Waals surface area (Å²) in [5.41, 5.74) is 6.19. The zero-order valence-electron chi connectivity index (χ0n) is 11.2. The SMILES string of the molecule is Cc1nc(CCNC(=O)c2cc([N+](=O)[O-])cnc2N)cs1. The summed E-state index contributed by atoms with van der Waals surface area (Å²) >= 11 is 1.54. The van der Waals surface area contributed by atoms with Gasteiger partial charge in [-0.1, -0.05) is 0 Å². The predicted molar refractivity (Wildman–Crippen MR) is 78.2 cm³/mol. The van der Waals surface area contributed by atoms with E-state index in [-0.39, 0.29) is 17.1 Å². The first kappa shape index (κ1) is 14.9. The molecule has 110 valence electrons. The van der Waals surface area contributed by atoms with Crippen molar-refractivity contribution in [3.05, 3.63) is 44.0 Å². The number of nitrogens with two attached hydrogens (primary N) is 1. The van der Waals surface area contributed by atoms with Crippen LogP contribution in [0.15, 0.2) is 17.6 Å². The van der Waals surface area contributed by atoms with Gasteiger partial charge in [-0.3, -0.25) is 14.9 Å². The summed E-state index contributed by atoms with van der Waals surface area (Å²) in [6.07, 6.45) is 1.60. The number of anilines is 1. The van der Waals surface area contributed by atoms with Crippen molar-refractivity contribution in [2.75, 3.05) is 12.3 Å². The molecule has 0 aromatic carbocycles. The molecular weight excluding hydrogens is 294 g/mol. The third-order valence-electron chi connectivity index (χ3n) is 2.69. The number of thiazole rings is 1. The molecule has 0 unspecified atom stereocenters. The van der Waals surface area contributed by atoms with E-state index in [1.807, 2.05) is 12.3 Å². The number of hydrogen-bond donors (Lipinski definition) is 2. The summed E-state index contributed by atoms with van der Waals surface area (Å²) in [6, 6.07) is 1.12. The second kappa shape index (κ2) is 6.27. The van der Waals surface area contributed by atoms with Crippen LogP contribution >= 0.6 is 11.3 Å². The van der Waals surface area contributed by atoms with Gasteiger partial charge in [0.2, 0.25) is 0 Å². The number of aryl methyl sites for hydroxylation is 1. The van der Waals surface area contributed by atoms with Crippen molar-refractivity contribution >= 4 is 28.7 Å². The maximum absolute atomic E-state index is 12.0. The number of aromatic nitrogens is 2. The Balaban J connectivity index is 1.99. The molecule has 3 N–H and O–H groups in total. The molecule has 0 aliphatic rings. The maximum Gasteiger partial charge on any atom is 0.288 e. The summed E-state index contributed by atoms with van der Waals surface area (Å²) in [5.74, 6) is -0.529. The molecule has 0 radical (unpaired) electrons. The lowest BCUT2D eigenvalue weighted by atomic mass is 10.2. The molecule has 2 heterocycles. The van der Waals surface area contributed by atoms with Crippen LogP contribution in [-0.2, 0) is 6.42 Å². The van der Waals surface area contributed by atoms with E-state index in [4.69, 9.17) is 5.73 Å². The molecule has 0 aliphatic heterocycles. The lowest BCUT2D eigenvalue weighted by Crippen LogP contribution is -2.27. The molecule has 21 heavy (non-hydrogen) atoms. The number of nitrogen functional groups attached to an aromatic ring is 1. The van der Waals surface area contributed by atoms with Gasteiger partial charge in [0.25, 0.3) is 11.6 Å². The number of carbonyl (C=O) groups is 1. The molecule has 0 aliphatic carbocycles. The first-order valence-corrected chi connectivity index (χ1v) is 6.94. The van der Waals surface area contributed by atoms with Gasteiger partial charge in [0.1, 0.15) is 12.0 Å². The average Bonchev–Trinajstić information content (AvgIpc) is 2.84. The summed E-state index contributed by atoms with van der Waals surface area (Å²) in [7, 11) is 0. The van der Waals surface area contributed by atoms with Crippen LogP contribution in [0.25, 0.3) is 0 Å². The van der Waals surface area contributed by atoms with Gasteiger partial charge in [0.15, 0.2) is 0 Å². The Morgan fingerprint density at radius 2 is 2.33 bits per heavy atom. The van der Waals surface area contributed by atoms with Crippen molar-refractivity contribution < 1.29 is 9.72 Å². The highest BCUT2D eigenvalue weighted by Crippen LogP contribution is 2.16. The van der Waals surface area contributed by atoms with Crippen molar-refractivity contribution in [2.24, 2.45) is 0 Å². The van der Waals surface area contributed by atoms with Crippen LogP contribution in [0.3, 0.4) is 0 Å². The molecule has 0 spiro atoms. The summed E-state index contributed by atoms with van der Waals surface area (Å²) in [5, 5.41) is 16.2. The van der Waals surface area contributed by atoms with Crippen molar-refractivity contribution in [3.63, 3.8) is 0 Å². The van der Waals surface area contributed by atoms with Gasteiger partial charge < -0.3 is 11.1 Å². The molecular formula is C12H13N5O3S. The van der Waals surface area contributed by atoms with E-state index in [0.717, 1.165) is 23.0 Å². The van der Waals surface area contributed by atoms with Crippen LogP contribution in [0.1, 0.15) is 21.1 Å². The quantitative estimate of drug-likeness (QED) is 0.634. The van der Waals surface area contributed by atoms with Crippen LogP contribution in [0, 0.1) is 17.0 Å². The molecule has 0 bridgehead atoms. The Bertz CT molecular complexity index is 685. The number of pyridine rings is 1. The number of hydrogen-bond acceptors (Lipinski definition) is 7. The zero-order chi connectivity index (χ0) is 15.4. The average molecular weight is 307 g/mol. The minimum absolute atomic E-state index is 0.00124. The van der Waals surface area contributed by atoms with Gasteiger partial charge in [-0.2, -0.15) is 0 Å². The fourth-order valence-corrected chi connectivity index (χ4v) is 2.32. The predicted octanol–water partition coefficient (Wildman–Crippen LogP) is 1.31. The minimum atomic E-state index is -0.624. The van der Waals surface area contributed by atoms with E-state index in [2.05, 4.69) is 15.3 Å². The molecule has 8 nitrogen and oxygen atoms in total. The van der Waals surface area contributed by atoms with E-state index < -0.39 is 10.8 Å². The summed E-state index contributed by atoms with van der Waals surface area (Å²) in [6.45, 7) is 2.27. The second-order valence-corrected chi connectivity index (χ2v) is 5.31. The standard InChI is InChI=1S/C12H13N5O3S/c1-7-16-8(6-21-7)2-3-14-12(18)10-4-9(17(19)20)5-15-11(10)13/h4-6H,2-3H2,1H3,(H2,13,15)(H,14,18). The number of carbonyl (C=O) groups excluding carboxylic acids is 1. The van der Waals surface area contributed by atoms with Crippen molar-refractivity contribution in [2.45, 2.75) is 13.3 Å².